The summed E-state index contributed by atoms with van der Waals surface area (Å²) in [5, 5.41) is 8.84. The molecule has 0 amide bonds. The molecule has 0 aliphatic heterocycles. The Labute approximate surface area is 73.0 Å². The number of rotatable bonds is 2. The molecule has 12 heavy (non-hydrogen) atoms. The molecule has 0 heterocycles. The van der Waals surface area contributed by atoms with Gasteiger partial charge in [0.2, 0.25) is 0 Å². The molecule has 0 bridgehead atoms. The Hall–Kier alpha value is -0.820. The molecule has 1 aliphatic carbocycles. The van der Waals surface area contributed by atoms with E-state index in [-0.39, 0.29) is 6.61 Å². The van der Waals surface area contributed by atoms with E-state index >= 15 is 0 Å². The van der Waals surface area contributed by atoms with Crippen molar-refractivity contribution >= 4 is 0 Å². The molecule has 0 atom stereocenters. The van der Waals surface area contributed by atoms with Crippen LogP contribution in [0.4, 0.5) is 0 Å². The van der Waals surface area contributed by atoms with E-state index in [9.17, 15) is 0 Å². The van der Waals surface area contributed by atoms with Crippen LogP contribution in [0.25, 0.3) is 0 Å². The summed E-state index contributed by atoms with van der Waals surface area (Å²) in [5.41, 5.74) is 2.46. The lowest BCUT2D eigenvalue weighted by Gasteiger charge is -2.25. The van der Waals surface area contributed by atoms with Gasteiger partial charge in [-0.1, -0.05) is 30.7 Å². The highest BCUT2D eigenvalue weighted by Gasteiger charge is 2.18. The Morgan fingerprint density at radius 1 is 1.17 bits per heavy atom. The molecule has 0 saturated heterocycles. The SMILES string of the molecule is OCc1ccc(C2CCC2)cc1. The minimum Gasteiger partial charge on any atom is -0.392 e. The third-order valence-electron chi connectivity index (χ3n) is 2.74. The second-order valence-corrected chi connectivity index (χ2v) is 3.53. The summed E-state index contributed by atoms with van der Waals surface area (Å²) < 4.78 is 0. The minimum absolute atomic E-state index is 0.158. The quantitative estimate of drug-likeness (QED) is 0.708. The van der Waals surface area contributed by atoms with Crippen LogP contribution in [0.2, 0.25) is 0 Å². The highest BCUT2D eigenvalue weighted by atomic mass is 16.3. The average Bonchev–Trinajstić information content (AvgIpc) is 2.03. The van der Waals surface area contributed by atoms with Gasteiger partial charge in [-0.2, -0.15) is 0 Å². The van der Waals surface area contributed by atoms with Crippen molar-refractivity contribution in [2.24, 2.45) is 0 Å². The Morgan fingerprint density at radius 2 is 1.83 bits per heavy atom. The topological polar surface area (TPSA) is 20.2 Å². The van der Waals surface area contributed by atoms with E-state index in [4.69, 9.17) is 5.11 Å². The molecule has 2 rings (SSSR count). The van der Waals surface area contributed by atoms with Gasteiger partial charge in [-0.05, 0) is 29.9 Å². The molecule has 1 saturated carbocycles. The maximum atomic E-state index is 8.84. The maximum Gasteiger partial charge on any atom is 0.0681 e. The normalized spacial score (nSPS) is 17.4. The molecule has 1 aromatic carbocycles. The average molecular weight is 162 g/mol. The van der Waals surface area contributed by atoms with Gasteiger partial charge in [0.05, 0.1) is 6.61 Å². The summed E-state index contributed by atoms with van der Waals surface area (Å²) in [6, 6.07) is 8.34. The van der Waals surface area contributed by atoms with Crippen molar-refractivity contribution in [3.63, 3.8) is 0 Å². The number of benzene rings is 1. The first kappa shape index (κ1) is 7.81. The minimum atomic E-state index is 0.158. The molecule has 1 heteroatoms. The smallest absolute Gasteiger partial charge is 0.0681 e. The van der Waals surface area contributed by atoms with Gasteiger partial charge in [0.25, 0.3) is 0 Å². The summed E-state index contributed by atoms with van der Waals surface area (Å²) in [5.74, 6) is 0.803. The van der Waals surface area contributed by atoms with E-state index in [0.717, 1.165) is 11.5 Å². The van der Waals surface area contributed by atoms with Crippen molar-refractivity contribution in [1.82, 2.24) is 0 Å². The van der Waals surface area contributed by atoms with Gasteiger partial charge in [0.15, 0.2) is 0 Å². The van der Waals surface area contributed by atoms with Gasteiger partial charge in [-0.3, -0.25) is 0 Å². The fourth-order valence-corrected chi connectivity index (χ4v) is 1.64. The molecule has 1 nitrogen and oxygen atoms in total. The van der Waals surface area contributed by atoms with Crippen molar-refractivity contribution in [2.45, 2.75) is 31.8 Å². The Kier molecular flexibility index (Phi) is 2.13. The third kappa shape index (κ3) is 1.37. The standard InChI is InChI=1S/C11H14O/c12-8-9-4-6-11(7-5-9)10-2-1-3-10/h4-7,10,12H,1-3,8H2. The maximum absolute atomic E-state index is 8.84. The van der Waals surface area contributed by atoms with E-state index in [2.05, 4.69) is 12.1 Å². The van der Waals surface area contributed by atoms with Crippen molar-refractivity contribution in [3.8, 4) is 0 Å². The first-order chi connectivity index (χ1) is 5.90. The fourth-order valence-electron chi connectivity index (χ4n) is 1.64. The van der Waals surface area contributed by atoms with Crippen molar-refractivity contribution in [3.05, 3.63) is 35.4 Å². The zero-order chi connectivity index (χ0) is 8.39. The van der Waals surface area contributed by atoms with Crippen molar-refractivity contribution in [2.75, 3.05) is 0 Å². The van der Waals surface area contributed by atoms with Gasteiger partial charge in [0, 0.05) is 0 Å². The second kappa shape index (κ2) is 3.28. The summed E-state index contributed by atoms with van der Waals surface area (Å²) in [6.45, 7) is 0.158. The lowest BCUT2D eigenvalue weighted by atomic mass is 9.80. The third-order valence-corrected chi connectivity index (χ3v) is 2.74. The molecular formula is C11H14O. The predicted molar refractivity (Wildman–Crippen MR) is 49.0 cm³/mol. The van der Waals surface area contributed by atoms with E-state index in [0.29, 0.717) is 0 Å². The Morgan fingerprint density at radius 3 is 2.25 bits per heavy atom. The lowest BCUT2D eigenvalue weighted by Crippen LogP contribution is -2.08. The van der Waals surface area contributed by atoms with Crippen LogP contribution in [0.1, 0.15) is 36.3 Å². The molecule has 0 unspecified atom stereocenters. The number of hydrogen-bond donors (Lipinski definition) is 1. The van der Waals surface area contributed by atoms with E-state index in [1.54, 1.807) is 0 Å². The zero-order valence-electron chi connectivity index (χ0n) is 7.16. The van der Waals surface area contributed by atoms with Crippen LogP contribution in [-0.2, 0) is 6.61 Å². The van der Waals surface area contributed by atoms with Crippen LogP contribution in [0.15, 0.2) is 24.3 Å². The predicted octanol–water partition coefficient (Wildman–Crippen LogP) is 2.45. The van der Waals surface area contributed by atoms with Gasteiger partial charge < -0.3 is 5.11 Å². The monoisotopic (exact) mass is 162 g/mol. The fraction of sp³-hybridized carbons (Fsp3) is 0.455. The molecule has 1 fully saturated rings. The summed E-state index contributed by atoms with van der Waals surface area (Å²) >= 11 is 0. The van der Waals surface area contributed by atoms with Crippen LogP contribution < -0.4 is 0 Å². The van der Waals surface area contributed by atoms with E-state index in [1.807, 2.05) is 12.1 Å². The van der Waals surface area contributed by atoms with Gasteiger partial charge >= 0.3 is 0 Å². The number of aliphatic hydroxyl groups excluding tert-OH is 1. The van der Waals surface area contributed by atoms with Crippen LogP contribution in [0, 0.1) is 0 Å². The highest BCUT2D eigenvalue weighted by molar-refractivity contribution is 5.26. The van der Waals surface area contributed by atoms with E-state index < -0.39 is 0 Å². The van der Waals surface area contributed by atoms with Crippen LogP contribution in [0.3, 0.4) is 0 Å². The second-order valence-electron chi connectivity index (χ2n) is 3.53. The molecule has 0 spiro atoms. The van der Waals surface area contributed by atoms with E-state index in [1.165, 1.54) is 24.8 Å². The first-order valence-electron chi connectivity index (χ1n) is 4.60. The Balaban J connectivity index is 2.13. The van der Waals surface area contributed by atoms with Gasteiger partial charge in [-0.15, -0.1) is 0 Å². The Bertz CT molecular complexity index is 246. The molecule has 0 aromatic heterocycles. The highest BCUT2D eigenvalue weighted by Crippen LogP contribution is 2.36. The molecular weight excluding hydrogens is 148 g/mol. The zero-order valence-corrected chi connectivity index (χ0v) is 7.16. The molecule has 1 aromatic rings. The summed E-state index contributed by atoms with van der Waals surface area (Å²) in [6.07, 6.45) is 4.07. The first-order valence-corrected chi connectivity index (χ1v) is 4.60. The largest absolute Gasteiger partial charge is 0.392 e. The molecule has 1 aliphatic rings. The van der Waals surface area contributed by atoms with Gasteiger partial charge in [-0.25, -0.2) is 0 Å². The van der Waals surface area contributed by atoms with Crippen molar-refractivity contribution in [1.29, 1.82) is 0 Å². The summed E-state index contributed by atoms with van der Waals surface area (Å²) in [4.78, 5) is 0. The number of hydrogen-bond acceptors (Lipinski definition) is 1. The molecule has 0 radical (unpaired) electrons. The van der Waals surface area contributed by atoms with Crippen molar-refractivity contribution < 1.29 is 5.11 Å². The summed E-state index contributed by atoms with van der Waals surface area (Å²) in [7, 11) is 0. The van der Waals surface area contributed by atoms with Crippen LogP contribution >= 0.6 is 0 Å². The molecule has 64 valence electrons. The van der Waals surface area contributed by atoms with Gasteiger partial charge in [0.1, 0.15) is 0 Å². The lowest BCUT2D eigenvalue weighted by molar-refractivity contribution is 0.281. The van der Waals surface area contributed by atoms with Crippen LogP contribution in [-0.4, -0.2) is 5.11 Å². The molecule has 1 N–H and O–H groups in total. The van der Waals surface area contributed by atoms with Crippen LogP contribution in [0.5, 0.6) is 0 Å². The number of aliphatic hydroxyl groups is 1.